The number of nitrogens with zero attached hydrogens (tertiary/aromatic N) is 2. The minimum Gasteiger partial charge on any atom is -0.353 e. The van der Waals surface area contributed by atoms with Crippen molar-refractivity contribution < 1.29 is 9.59 Å². The fourth-order valence-electron chi connectivity index (χ4n) is 2.96. The molecule has 0 spiro atoms. The number of hydrogen-bond donors (Lipinski definition) is 2. The fourth-order valence-corrected chi connectivity index (χ4v) is 2.96. The molecule has 6 heteroatoms. The predicted octanol–water partition coefficient (Wildman–Crippen LogP) is 1.08. The predicted molar refractivity (Wildman–Crippen MR) is 104 cm³/mol. The molecule has 26 heavy (non-hydrogen) atoms. The first-order chi connectivity index (χ1) is 12.6. The molecule has 1 aliphatic rings. The van der Waals surface area contributed by atoms with Crippen molar-refractivity contribution in [3.8, 4) is 0 Å². The van der Waals surface area contributed by atoms with Crippen LogP contribution in [-0.2, 0) is 16.1 Å². The Morgan fingerprint density at radius 1 is 1.04 bits per heavy atom. The minimum atomic E-state index is -0.121. The molecule has 6 nitrogen and oxygen atoms in total. The van der Waals surface area contributed by atoms with E-state index in [1.165, 1.54) is 5.56 Å². The summed E-state index contributed by atoms with van der Waals surface area (Å²) >= 11 is 0. The van der Waals surface area contributed by atoms with Gasteiger partial charge in [0, 0.05) is 51.7 Å². The van der Waals surface area contributed by atoms with Crippen LogP contribution in [0.1, 0.15) is 25.8 Å². The van der Waals surface area contributed by atoms with E-state index in [1.807, 2.05) is 19.9 Å². The second-order valence-electron chi connectivity index (χ2n) is 6.98. The number of hydrogen-bond acceptors (Lipinski definition) is 4. The summed E-state index contributed by atoms with van der Waals surface area (Å²) in [7, 11) is 0. The van der Waals surface area contributed by atoms with E-state index in [-0.39, 0.29) is 24.3 Å². The Balaban J connectivity index is 1.56. The van der Waals surface area contributed by atoms with Gasteiger partial charge >= 0.3 is 0 Å². The maximum absolute atomic E-state index is 11.8. The van der Waals surface area contributed by atoms with Crippen molar-refractivity contribution in [1.82, 2.24) is 20.4 Å². The number of piperazine rings is 1. The number of rotatable bonds is 9. The quantitative estimate of drug-likeness (QED) is 0.692. The molecule has 0 aliphatic carbocycles. The Hall–Kier alpha value is -1.92. The molecule has 1 aliphatic heterocycles. The molecule has 0 saturated carbocycles. The molecular weight excluding hydrogens is 328 g/mol. The number of nitrogens with one attached hydrogen (secondary N) is 2. The van der Waals surface area contributed by atoms with E-state index in [9.17, 15) is 9.59 Å². The summed E-state index contributed by atoms with van der Waals surface area (Å²) in [4.78, 5) is 28.3. The highest BCUT2D eigenvalue weighted by Crippen LogP contribution is 2.07. The summed E-state index contributed by atoms with van der Waals surface area (Å²) in [6.45, 7) is 10.5. The zero-order valence-corrected chi connectivity index (χ0v) is 16.0. The fraction of sp³-hybridized carbons (Fsp3) is 0.600. The topological polar surface area (TPSA) is 64.7 Å². The summed E-state index contributed by atoms with van der Waals surface area (Å²) in [5, 5.41) is 5.56. The van der Waals surface area contributed by atoms with E-state index in [1.54, 1.807) is 0 Å². The largest absolute Gasteiger partial charge is 0.353 e. The lowest BCUT2D eigenvalue weighted by Gasteiger charge is -2.34. The van der Waals surface area contributed by atoms with Gasteiger partial charge in [-0.1, -0.05) is 44.2 Å². The van der Waals surface area contributed by atoms with Crippen LogP contribution in [0.3, 0.4) is 0 Å². The summed E-state index contributed by atoms with van der Waals surface area (Å²) in [6, 6.07) is 10.6. The van der Waals surface area contributed by atoms with E-state index in [2.05, 4.69) is 44.7 Å². The Bertz CT molecular complexity index is 556. The molecule has 2 N–H and O–H groups in total. The number of amides is 2. The lowest BCUT2D eigenvalue weighted by molar-refractivity contribution is -0.128. The molecule has 1 unspecified atom stereocenters. The van der Waals surface area contributed by atoms with E-state index in [0.29, 0.717) is 6.54 Å². The first kappa shape index (κ1) is 20.4. The molecule has 0 aromatic heterocycles. The van der Waals surface area contributed by atoms with Gasteiger partial charge in [-0.15, -0.1) is 0 Å². The Morgan fingerprint density at radius 2 is 1.69 bits per heavy atom. The van der Waals surface area contributed by atoms with Crippen LogP contribution in [0.15, 0.2) is 30.3 Å². The summed E-state index contributed by atoms with van der Waals surface area (Å²) in [6.07, 6.45) is 0.781. The van der Waals surface area contributed by atoms with Gasteiger partial charge in [0.05, 0.1) is 6.54 Å². The lowest BCUT2D eigenvalue weighted by Crippen LogP contribution is -2.48. The number of benzene rings is 1. The van der Waals surface area contributed by atoms with Gasteiger partial charge in [0.25, 0.3) is 0 Å². The van der Waals surface area contributed by atoms with Crippen LogP contribution in [0.25, 0.3) is 0 Å². The molecule has 1 aromatic carbocycles. The van der Waals surface area contributed by atoms with Gasteiger partial charge in [-0.05, 0) is 12.0 Å². The van der Waals surface area contributed by atoms with Gasteiger partial charge < -0.3 is 10.6 Å². The third kappa shape index (κ3) is 7.14. The summed E-state index contributed by atoms with van der Waals surface area (Å²) < 4.78 is 0. The molecule has 1 fully saturated rings. The smallest absolute Gasteiger partial charge is 0.239 e. The van der Waals surface area contributed by atoms with Gasteiger partial charge in [0.1, 0.15) is 0 Å². The Morgan fingerprint density at radius 3 is 2.35 bits per heavy atom. The molecule has 2 rings (SSSR count). The van der Waals surface area contributed by atoms with Crippen LogP contribution in [0, 0.1) is 5.92 Å². The van der Waals surface area contributed by atoms with Gasteiger partial charge in [-0.2, -0.15) is 0 Å². The van der Waals surface area contributed by atoms with Gasteiger partial charge in [0.15, 0.2) is 0 Å². The molecular formula is C20H32N4O2. The van der Waals surface area contributed by atoms with Gasteiger partial charge in [-0.25, -0.2) is 0 Å². The van der Waals surface area contributed by atoms with Gasteiger partial charge in [-0.3, -0.25) is 19.4 Å². The van der Waals surface area contributed by atoms with Crippen LogP contribution >= 0.6 is 0 Å². The summed E-state index contributed by atoms with van der Waals surface area (Å²) in [5.74, 6) is -0.225. The number of carbonyl (C=O) groups excluding carboxylic acids is 2. The zero-order chi connectivity index (χ0) is 18.8. The van der Waals surface area contributed by atoms with Crippen molar-refractivity contribution in [1.29, 1.82) is 0 Å². The Labute approximate surface area is 156 Å². The average molecular weight is 361 g/mol. The first-order valence-electron chi connectivity index (χ1n) is 9.61. The minimum absolute atomic E-state index is 0.0463. The highest BCUT2D eigenvalue weighted by molar-refractivity contribution is 5.85. The molecule has 2 amide bonds. The third-order valence-corrected chi connectivity index (χ3v) is 4.95. The van der Waals surface area contributed by atoms with Crippen molar-refractivity contribution >= 4 is 11.8 Å². The molecule has 0 radical (unpaired) electrons. The van der Waals surface area contributed by atoms with Crippen LogP contribution in [0.2, 0.25) is 0 Å². The van der Waals surface area contributed by atoms with Gasteiger partial charge in [0.2, 0.25) is 11.8 Å². The van der Waals surface area contributed by atoms with E-state index in [0.717, 1.165) is 45.7 Å². The average Bonchev–Trinajstić information content (AvgIpc) is 2.67. The molecule has 1 aromatic rings. The second kappa shape index (κ2) is 10.9. The maximum atomic E-state index is 11.8. The Kier molecular flexibility index (Phi) is 8.58. The molecule has 1 saturated heterocycles. The van der Waals surface area contributed by atoms with E-state index >= 15 is 0 Å². The van der Waals surface area contributed by atoms with Crippen molar-refractivity contribution in [2.24, 2.45) is 5.92 Å². The van der Waals surface area contributed by atoms with Crippen molar-refractivity contribution in [3.05, 3.63) is 35.9 Å². The maximum Gasteiger partial charge on any atom is 0.239 e. The number of carbonyl (C=O) groups is 2. The molecule has 1 heterocycles. The third-order valence-electron chi connectivity index (χ3n) is 4.95. The second-order valence-corrected chi connectivity index (χ2v) is 6.98. The standard InChI is InChI=1S/C20H32N4O2/c1-3-17(2)20(26)22-15-19(25)21-9-10-23-11-13-24(14-12-23)16-18-7-5-4-6-8-18/h4-8,17H,3,9-16H2,1-2H3,(H,21,25)(H,22,26). The highest BCUT2D eigenvalue weighted by atomic mass is 16.2. The van der Waals surface area contributed by atoms with E-state index < -0.39 is 0 Å². The van der Waals surface area contributed by atoms with Crippen molar-refractivity contribution in [2.75, 3.05) is 45.8 Å². The zero-order valence-electron chi connectivity index (χ0n) is 16.0. The molecule has 1 atom stereocenters. The highest BCUT2D eigenvalue weighted by Gasteiger charge is 2.17. The van der Waals surface area contributed by atoms with Crippen LogP contribution in [-0.4, -0.2) is 67.4 Å². The SMILES string of the molecule is CCC(C)C(=O)NCC(=O)NCCN1CCN(Cc2ccccc2)CC1. The van der Waals surface area contributed by atoms with Crippen LogP contribution in [0.5, 0.6) is 0 Å². The van der Waals surface area contributed by atoms with Crippen molar-refractivity contribution in [3.63, 3.8) is 0 Å². The van der Waals surface area contributed by atoms with Crippen molar-refractivity contribution in [2.45, 2.75) is 26.8 Å². The van der Waals surface area contributed by atoms with Crippen LogP contribution in [0.4, 0.5) is 0 Å². The molecule has 0 bridgehead atoms. The normalized spacial score (nSPS) is 16.8. The van der Waals surface area contributed by atoms with Crippen LogP contribution < -0.4 is 10.6 Å². The lowest BCUT2D eigenvalue weighted by atomic mass is 10.1. The summed E-state index contributed by atoms with van der Waals surface area (Å²) in [5.41, 5.74) is 1.35. The molecule has 144 valence electrons. The first-order valence-corrected chi connectivity index (χ1v) is 9.61. The monoisotopic (exact) mass is 360 g/mol. The van der Waals surface area contributed by atoms with E-state index in [4.69, 9.17) is 0 Å².